The van der Waals surface area contributed by atoms with Gasteiger partial charge in [-0.2, -0.15) is 0 Å². The van der Waals surface area contributed by atoms with Crippen LogP contribution in [-0.2, 0) is 11.3 Å². The van der Waals surface area contributed by atoms with E-state index in [0.717, 1.165) is 45.3 Å². The number of nitrogens with one attached hydrogen (secondary N) is 2. The van der Waals surface area contributed by atoms with Gasteiger partial charge in [-0.3, -0.25) is 0 Å². The minimum Gasteiger partial charge on any atom is -0.381 e. The summed E-state index contributed by atoms with van der Waals surface area (Å²) < 4.78 is 19.0. The van der Waals surface area contributed by atoms with Crippen LogP contribution in [0.5, 0.6) is 0 Å². The van der Waals surface area contributed by atoms with Crippen LogP contribution in [0.25, 0.3) is 0 Å². The zero-order valence-electron chi connectivity index (χ0n) is 12.7. The number of hydrogen-bond acceptors (Lipinski definition) is 2. The van der Waals surface area contributed by atoms with E-state index in [1.807, 2.05) is 0 Å². The fraction of sp³-hybridized carbons (Fsp3) is 0.588. The molecule has 1 aliphatic heterocycles. The van der Waals surface area contributed by atoms with E-state index in [9.17, 15) is 9.18 Å². The third-order valence-corrected chi connectivity index (χ3v) is 5.10. The number of benzene rings is 1. The highest BCUT2D eigenvalue weighted by Gasteiger charge is 2.44. The number of halogens is 1. The van der Waals surface area contributed by atoms with Crippen LogP contribution >= 0.6 is 0 Å². The van der Waals surface area contributed by atoms with Gasteiger partial charge in [-0.25, -0.2) is 9.18 Å². The smallest absolute Gasteiger partial charge is 0.315 e. The molecule has 22 heavy (non-hydrogen) atoms. The fourth-order valence-corrected chi connectivity index (χ4v) is 3.77. The predicted molar refractivity (Wildman–Crippen MR) is 81.9 cm³/mol. The summed E-state index contributed by atoms with van der Waals surface area (Å²) in [5, 5.41) is 5.87. The molecule has 3 rings (SSSR count). The van der Waals surface area contributed by atoms with Gasteiger partial charge in [0.2, 0.25) is 0 Å². The summed E-state index contributed by atoms with van der Waals surface area (Å²) >= 11 is 0. The molecule has 120 valence electrons. The second-order valence-electron chi connectivity index (χ2n) is 6.34. The maximum atomic E-state index is 13.5. The van der Waals surface area contributed by atoms with E-state index in [-0.39, 0.29) is 29.8 Å². The molecule has 2 amide bonds. The first-order valence-corrected chi connectivity index (χ1v) is 8.05. The van der Waals surface area contributed by atoms with E-state index >= 15 is 0 Å². The number of urea groups is 1. The zero-order valence-corrected chi connectivity index (χ0v) is 12.7. The minimum absolute atomic E-state index is 0.202. The SMILES string of the molecule is O=C(NCc1ccccc1F)NC1CCCC12CCOCC2. The molecule has 2 N–H and O–H groups in total. The zero-order chi connectivity index (χ0) is 15.4. The second-order valence-corrected chi connectivity index (χ2v) is 6.34. The first-order chi connectivity index (χ1) is 10.7. The third-order valence-electron chi connectivity index (χ3n) is 5.10. The van der Waals surface area contributed by atoms with Crippen molar-refractivity contribution in [2.45, 2.75) is 44.7 Å². The highest BCUT2D eigenvalue weighted by molar-refractivity contribution is 5.74. The summed E-state index contributed by atoms with van der Waals surface area (Å²) in [4.78, 5) is 12.1. The van der Waals surface area contributed by atoms with E-state index in [2.05, 4.69) is 10.6 Å². The minimum atomic E-state index is -0.287. The number of amides is 2. The van der Waals surface area contributed by atoms with Gasteiger partial charge in [0, 0.05) is 31.4 Å². The van der Waals surface area contributed by atoms with Crippen molar-refractivity contribution in [2.75, 3.05) is 13.2 Å². The van der Waals surface area contributed by atoms with E-state index < -0.39 is 0 Å². The van der Waals surface area contributed by atoms with Gasteiger partial charge < -0.3 is 15.4 Å². The van der Waals surface area contributed by atoms with Crippen LogP contribution in [0.2, 0.25) is 0 Å². The van der Waals surface area contributed by atoms with Crippen molar-refractivity contribution in [2.24, 2.45) is 5.41 Å². The molecule has 0 bridgehead atoms. The molecule has 1 aromatic rings. The molecule has 4 nitrogen and oxygen atoms in total. The first-order valence-electron chi connectivity index (χ1n) is 8.05. The molecule has 5 heteroatoms. The molecule has 2 fully saturated rings. The molecule has 1 spiro atoms. The van der Waals surface area contributed by atoms with Crippen molar-refractivity contribution in [1.29, 1.82) is 0 Å². The lowest BCUT2D eigenvalue weighted by molar-refractivity contribution is 0.00623. The molecular weight excluding hydrogens is 283 g/mol. The van der Waals surface area contributed by atoms with Gasteiger partial charge in [0.05, 0.1) is 0 Å². The molecule has 1 aromatic carbocycles. The number of ether oxygens (including phenoxy) is 1. The third kappa shape index (κ3) is 3.24. The van der Waals surface area contributed by atoms with Crippen LogP contribution in [0.1, 0.15) is 37.7 Å². The Labute approximate surface area is 130 Å². The average Bonchev–Trinajstić information content (AvgIpc) is 2.89. The number of hydrogen-bond donors (Lipinski definition) is 2. The Hall–Kier alpha value is -1.62. The van der Waals surface area contributed by atoms with Gasteiger partial charge >= 0.3 is 6.03 Å². The van der Waals surface area contributed by atoms with Crippen LogP contribution in [0.4, 0.5) is 9.18 Å². The lowest BCUT2D eigenvalue weighted by atomic mass is 9.75. The monoisotopic (exact) mass is 306 g/mol. The van der Waals surface area contributed by atoms with E-state index in [0.29, 0.717) is 5.56 Å². The molecule has 1 saturated carbocycles. The molecule has 0 aromatic heterocycles. The highest BCUT2D eigenvalue weighted by atomic mass is 19.1. The van der Waals surface area contributed by atoms with Crippen molar-refractivity contribution in [3.05, 3.63) is 35.6 Å². The van der Waals surface area contributed by atoms with Gasteiger partial charge in [-0.1, -0.05) is 24.6 Å². The molecule has 1 atom stereocenters. The van der Waals surface area contributed by atoms with E-state index in [1.54, 1.807) is 18.2 Å². The lowest BCUT2D eigenvalue weighted by Gasteiger charge is -2.39. The van der Waals surface area contributed by atoms with E-state index in [1.165, 1.54) is 6.07 Å². The van der Waals surface area contributed by atoms with Gasteiger partial charge in [-0.15, -0.1) is 0 Å². The Bertz CT molecular complexity index is 529. The van der Waals surface area contributed by atoms with Crippen LogP contribution in [0.15, 0.2) is 24.3 Å². The molecule has 2 aliphatic rings. The summed E-state index contributed by atoms with van der Waals surface area (Å²) in [7, 11) is 0. The number of carbonyl (C=O) groups is 1. The molecule has 1 unspecified atom stereocenters. The summed E-state index contributed by atoms with van der Waals surface area (Å²) in [6.45, 7) is 1.78. The summed E-state index contributed by atoms with van der Waals surface area (Å²) in [6.07, 6.45) is 5.37. The summed E-state index contributed by atoms with van der Waals surface area (Å²) in [5.74, 6) is -0.287. The summed E-state index contributed by atoms with van der Waals surface area (Å²) in [6, 6.07) is 6.50. The topological polar surface area (TPSA) is 50.4 Å². The lowest BCUT2D eigenvalue weighted by Crippen LogP contribution is -2.50. The average molecular weight is 306 g/mol. The number of carbonyl (C=O) groups excluding carboxylic acids is 1. The molecule has 1 saturated heterocycles. The quantitative estimate of drug-likeness (QED) is 0.902. The molecule has 0 radical (unpaired) electrons. The van der Waals surface area contributed by atoms with Gasteiger partial charge in [0.25, 0.3) is 0 Å². The fourth-order valence-electron chi connectivity index (χ4n) is 3.77. The van der Waals surface area contributed by atoms with Crippen LogP contribution < -0.4 is 10.6 Å². The van der Waals surface area contributed by atoms with Crippen molar-refractivity contribution >= 4 is 6.03 Å². The predicted octanol–water partition coefficient (Wildman–Crippen LogP) is 2.97. The summed E-state index contributed by atoms with van der Waals surface area (Å²) in [5.41, 5.74) is 0.706. The Kier molecular flexibility index (Phi) is 4.62. The van der Waals surface area contributed by atoms with Gasteiger partial charge in [-0.05, 0) is 37.2 Å². The van der Waals surface area contributed by atoms with Gasteiger partial charge in [0.1, 0.15) is 5.82 Å². The second kappa shape index (κ2) is 6.65. The largest absolute Gasteiger partial charge is 0.381 e. The van der Waals surface area contributed by atoms with Crippen LogP contribution in [0, 0.1) is 11.2 Å². The maximum Gasteiger partial charge on any atom is 0.315 e. The highest BCUT2D eigenvalue weighted by Crippen LogP contribution is 2.45. The van der Waals surface area contributed by atoms with Crippen molar-refractivity contribution < 1.29 is 13.9 Å². The van der Waals surface area contributed by atoms with Crippen molar-refractivity contribution in [3.63, 3.8) is 0 Å². The maximum absolute atomic E-state index is 13.5. The Morgan fingerprint density at radius 1 is 1.27 bits per heavy atom. The molecule has 1 aliphatic carbocycles. The standard InChI is InChI=1S/C17H23FN2O2/c18-14-5-2-1-4-13(14)12-19-16(21)20-15-6-3-7-17(15)8-10-22-11-9-17/h1-2,4-5,15H,3,6-12H2,(H2,19,20,21). The van der Waals surface area contributed by atoms with Crippen LogP contribution in [-0.4, -0.2) is 25.3 Å². The van der Waals surface area contributed by atoms with Gasteiger partial charge in [0.15, 0.2) is 0 Å². The molecule has 1 heterocycles. The normalized spacial score (nSPS) is 23.4. The van der Waals surface area contributed by atoms with Crippen molar-refractivity contribution in [1.82, 2.24) is 10.6 Å². The van der Waals surface area contributed by atoms with Crippen molar-refractivity contribution in [3.8, 4) is 0 Å². The van der Waals surface area contributed by atoms with E-state index in [4.69, 9.17) is 4.74 Å². The molecular formula is C17H23FN2O2. The number of rotatable bonds is 3. The first kappa shape index (κ1) is 15.3. The Balaban J connectivity index is 1.54. The van der Waals surface area contributed by atoms with Crippen LogP contribution in [0.3, 0.4) is 0 Å². The Morgan fingerprint density at radius 3 is 2.82 bits per heavy atom. The Morgan fingerprint density at radius 2 is 2.05 bits per heavy atom.